The Hall–Kier alpha value is -3.56. The Morgan fingerprint density at radius 2 is 1.84 bits per heavy atom. The summed E-state index contributed by atoms with van der Waals surface area (Å²) in [4.78, 5) is 29.5. The number of nitrogens with zero attached hydrogens (tertiary/aromatic N) is 1. The van der Waals surface area contributed by atoms with Crippen LogP contribution in [0.4, 0.5) is 0 Å². The van der Waals surface area contributed by atoms with Crippen LogP contribution in [0, 0.1) is 5.92 Å². The summed E-state index contributed by atoms with van der Waals surface area (Å²) < 4.78 is 18.3. The van der Waals surface area contributed by atoms with E-state index in [1.54, 1.807) is 21.3 Å². The van der Waals surface area contributed by atoms with Gasteiger partial charge in [-0.3, -0.25) is 9.36 Å². The molecular weight excluding hydrogens is 502 g/mol. The van der Waals surface area contributed by atoms with Gasteiger partial charge in [0.2, 0.25) is 0 Å². The molecule has 1 fully saturated rings. The number of nitrogens with one attached hydrogen (secondary N) is 2. The molecular formula is C29H31N3O5S. The minimum absolute atomic E-state index is 0.242. The maximum Gasteiger partial charge on any atom is 0.328 e. The first-order valence-electron chi connectivity index (χ1n) is 12.9. The number of fused-ring (bicyclic) bond motifs is 4. The number of methoxy groups -OCH3 is 3. The third-order valence-electron chi connectivity index (χ3n) is 8.22. The Labute approximate surface area is 224 Å². The van der Waals surface area contributed by atoms with Gasteiger partial charge in [-0.15, -0.1) is 11.3 Å². The van der Waals surface area contributed by atoms with Crippen LogP contribution >= 0.6 is 11.3 Å². The van der Waals surface area contributed by atoms with E-state index < -0.39 is 0 Å². The van der Waals surface area contributed by atoms with E-state index in [1.807, 2.05) is 29.6 Å². The summed E-state index contributed by atoms with van der Waals surface area (Å²) in [5.41, 5.74) is 4.27. The van der Waals surface area contributed by atoms with Gasteiger partial charge in [0, 0.05) is 36.0 Å². The van der Waals surface area contributed by atoms with Crippen LogP contribution in [-0.4, -0.2) is 43.5 Å². The highest BCUT2D eigenvalue weighted by atomic mass is 32.1. The predicted octanol–water partition coefficient (Wildman–Crippen LogP) is 4.15. The van der Waals surface area contributed by atoms with Crippen LogP contribution in [0.2, 0.25) is 0 Å². The second-order valence-electron chi connectivity index (χ2n) is 9.95. The number of ether oxygens (including phenoxy) is 3. The zero-order valence-corrected chi connectivity index (χ0v) is 22.5. The quantitative estimate of drug-likeness (QED) is 0.371. The van der Waals surface area contributed by atoms with Crippen LogP contribution in [0.5, 0.6) is 17.2 Å². The summed E-state index contributed by atoms with van der Waals surface area (Å²) in [6.07, 6.45) is 2.78. The smallest absolute Gasteiger partial charge is 0.328 e. The average molecular weight is 534 g/mol. The van der Waals surface area contributed by atoms with Crippen molar-refractivity contribution in [1.29, 1.82) is 0 Å². The first kappa shape index (κ1) is 24.8. The number of aromatic nitrogens is 2. The van der Waals surface area contributed by atoms with Crippen molar-refractivity contribution in [1.82, 2.24) is 14.9 Å². The first-order valence-corrected chi connectivity index (χ1v) is 13.8. The van der Waals surface area contributed by atoms with Crippen LogP contribution in [-0.2, 0) is 13.0 Å². The monoisotopic (exact) mass is 533 g/mol. The van der Waals surface area contributed by atoms with Gasteiger partial charge in [0.05, 0.1) is 26.8 Å². The predicted molar refractivity (Wildman–Crippen MR) is 149 cm³/mol. The highest BCUT2D eigenvalue weighted by molar-refractivity contribution is 7.17. The molecule has 1 unspecified atom stereocenters. The van der Waals surface area contributed by atoms with E-state index in [4.69, 9.17) is 14.2 Å². The minimum Gasteiger partial charge on any atom is -0.496 e. The van der Waals surface area contributed by atoms with Crippen LogP contribution in [0.1, 0.15) is 29.9 Å². The molecule has 2 aromatic carbocycles. The van der Waals surface area contributed by atoms with Crippen molar-refractivity contribution in [2.24, 2.45) is 5.92 Å². The minimum atomic E-state index is -0.379. The van der Waals surface area contributed by atoms with E-state index in [9.17, 15) is 9.59 Å². The van der Waals surface area contributed by atoms with Gasteiger partial charge in [0.1, 0.15) is 10.4 Å². The highest BCUT2D eigenvalue weighted by Crippen LogP contribution is 2.44. The highest BCUT2D eigenvalue weighted by Gasteiger charge is 2.40. The molecule has 3 atom stereocenters. The van der Waals surface area contributed by atoms with E-state index in [0.29, 0.717) is 40.1 Å². The lowest BCUT2D eigenvalue weighted by Gasteiger charge is -2.31. The Bertz CT molecular complexity index is 1620. The Morgan fingerprint density at radius 1 is 1.03 bits per heavy atom. The van der Waals surface area contributed by atoms with Crippen molar-refractivity contribution < 1.29 is 14.2 Å². The molecule has 9 heteroatoms. The normalized spacial score (nSPS) is 20.2. The maximum atomic E-state index is 13.4. The van der Waals surface area contributed by atoms with Crippen molar-refractivity contribution >= 4 is 21.6 Å². The van der Waals surface area contributed by atoms with Crippen molar-refractivity contribution in [3.8, 4) is 28.4 Å². The molecule has 38 heavy (non-hydrogen) atoms. The molecule has 0 saturated carbocycles. The Morgan fingerprint density at radius 3 is 2.63 bits per heavy atom. The van der Waals surface area contributed by atoms with Crippen LogP contribution in [0.15, 0.2) is 51.4 Å². The van der Waals surface area contributed by atoms with Gasteiger partial charge >= 0.3 is 5.69 Å². The lowest BCUT2D eigenvalue weighted by atomic mass is 9.74. The van der Waals surface area contributed by atoms with Gasteiger partial charge in [-0.1, -0.05) is 18.2 Å². The van der Waals surface area contributed by atoms with Crippen molar-refractivity contribution in [3.63, 3.8) is 0 Å². The number of H-pyrrole nitrogens is 1. The van der Waals surface area contributed by atoms with Gasteiger partial charge in [-0.25, -0.2) is 4.79 Å². The molecule has 4 aromatic rings. The summed E-state index contributed by atoms with van der Waals surface area (Å²) in [6.45, 7) is 1.28. The molecule has 1 aliphatic carbocycles. The van der Waals surface area contributed by atoms with Crippen LogP contribution in [0.3, 0.4) is 0 Å². The average Bonchev–Trinajstić information content (AvgIpc) is 3.56. The second kappa shape index (κ2) is 9.96. The fourth-order valence-electron chi connectivity index (χ4n) is 6.34. The van der Waals surface area contributed by atoms with E-state index in [-0.39, 0.29) is 17.3 Å². The molecule has 1 saturated heterocycles. The Kier molecular flexibility index (Phi) is 6.49. The lowest BCUT2D eigenvalue weighted by molar-refractivity contribution is 0.337. The fourth-order valence-corrected chi connectivity index (χ4v) is 7.32. The molecule has 198 valence electrons. The molecule has 8 nitrogen and oxygen atoms in total. The third-order valence-corrected chi connectivity index (χ3v) is 9.18. The van der Waals surface area contributed by atoms with E-state index in [2.05, 4.69) is 22.4 Å². The number of hydrogen-bond donors (Lipinski definition) is 2. The van der Waals surface area contributed by atoms with Crippen LogP contribution < -0.4 is 30.8 Å². The van der Waals surface area contributed by atoms with Gasteiger partial charge in [-0.05, 0) is 60.1 Å². The van der Waals surface area contributed by atoms with Gasteiger partial charge in [0.15, 0.2) is 11.5 Å². The van der Waals surface area contributed by atoms with E-state index in [0.717, 1.165) is 42.7 Å². The molecule has 6 rings (SSSR count). The topological polar surface area (TPSA) is 94.6 Å². The first-order chi connectivity index (χ1) is 18.5. The largest absolute Gasteiger partial charge is 0.496 e. The molecule has 2 aromatic heterocycles. The summed E-state index contributed by atoms with van der Waals surface area (Å²) in [7, 11) is 4.90. The van der Waals surface area contributed by atoms with Crippen molar-refractivity contribution in [3.05, 3.63) is 73.7 Å². The van der Waals surface area contributed by atoms with Gasteiger partial charge in [0.25, 0.3) is 5.56 Å². The van der Waals surface area contributed by atoms with Gasteiger partial charge < -0.3 is 24.5 Å². The molecule has 2 aliphatic rings. The molecule has 0 radical (unpaired) electrons. The van der Waals surface area contributed by atoms with Crippen molar-refractivity contribution in [2.75, 3.05) is 27.9 Å². The molecule has 3 heterocycles. The van der Waals surface area contributed by atoms with Crippen molar-refractivity contribution in [2.45, 2.75) is 37.8 Å². The molecule has 0 bridgehead atoms. The van der Waals surface area contributed by atoms with Crippen LogP contribution in [0.25, 0.3) is 21.3 Å². The summed E-state index contributed by atoms with van der Waals surface area (Å²) in [5.74, 6) is 3.09. The number of thiophene rings is 1. The summed E-state index contributed by atoms with van der Waals surface area (Å²) in [6, 6.07) is 12.1. The fraction of sp³-hybridized carbons (Fsp3) is 0.379. The lowest BCUT2D eigenvalue weighted by Crippen LogP contribution is -2.38. The molecule has 1 aliphatic heterocycles. The number of rotatable bonds is 7. The zero-order valence-electron chi connectivity index (χ0n) is 21.7. The number of hydrogen-bond acceptors (Lipinski definition) is 7. The molecule has 0 spiro atoms. The van der Waals surface area contributed by atoms with E-state index in [1.165, 1.54) is 27.0 Å². The van der Waals surface area contributed by atoms with E-state index >= 15 is 0 Å². The molecule has 2 N–H and O–H groups in total. The second-order valence-corrected chi connectivity index (χ2v) is 10.8. The number of benzene rings is 2. The Balaban J connectivity index is 1.25. The molecule has 0 amide bonds. The zero-order chi connectivity index (χ0) is 26.4. The maximum absolute atomic E-state index is 13.4. The standard InChI is InChI=1S/C29H31N3O5S/c1-35-23-6-4-5-17-19(23)9-8-18-20(17)14-30-22(18)11-12-32-28(33)27-26(31-29(32)34)21(15-38-27)16-7-10-24(36-2)25(13-16)37-3/h4-7,10,13,15,18,20,22,30H,8-9,11-12,14H2,1-3H3,(H,31,34)/t18-,20+,22?/m1/s1. The SMILES string of the molecule is COc1ccc(-c2csc3c(=O)n(CCC4NC[C@H]5c6cccc(OC)c6CC[C@@H]45)c(=O)[nH]c23)cc1OC. The summed E-state index contributed by atoms with van der Waals surface area (Å²) >= 11 is 1.35. The number of aromatic amines is 1. The summed E-state index contributed by atoms with van der Waals surface area (Å²) in [5, 5.41) is 5.59. The van der Waals surface area contributed by atoms with Gasteiger partial charge in [-0.2, -0.15) is 0 Å². The third kappa shape index (κ3) is 4.01.